The molecule has 0 bridgehead atoms. The van der Waals surface area contributed by atoms with Gasteiger partial charge >= 0.3 is 0 Å². The molecule has 0 unspecified atom stereocenters. The van der Waals surface area contributed by atoms with E-state index in [1.165, 1.54) is 12.8 Å². The Bertz CT molecular complexity index is 1080. The van der Waals surface area contributed by atoms with E-state index >= 15 is 0 Å². The van der Waals surface area contributed by atoms with Gasteiger partial charge in [-0.25, -0.2) is 9.50 Å². The van der Waals surface area contributed by atoms with E-state index in [1.54, 1.807) is 4.52 Å². The first-order valence-electron chi connectivity index (χ1n) is 10.7. The molecule has 1 saturated carbocycles. The maximum atomic E-state index is 12.9. The molecule has 0 atom stereocenters. The molecule has 1 aliphatic carbocycles. The average Bonchev–Trinajstić information content (AvgIpc) is 3.07. The number of nitrogen functional groups attached to an aromatic ring is 1. The van der Waals surface area contributed by atoms with Crippen LogP contribution in [-0.4, -0.2) is 19.6 Å². The fourth-order valence-corrected chi connectivity index (χ4v) is 4.64. The highest BCUT2D eigenvalue weighted by atomic mass is 16.1. The fraction of sp³-hybridized carbons (Fsp3) is 0.522. The highest BCUT2D eigenvalue weighted by molar-refractivity contribution is 5.62. The van der Waals surface area contributed by atoms with Crippen molar-refractivity contribution in [3.63, 3.8) is 0 Å². The number of anilines is 1. The summed E-state index contributed by atoms with van der Waals surface area (Å²) in [7, 11) is 0. The zero-order valence-corrected chi connectivity index (χ0v) is 17.8. The van der Waals surface area contributed by atoms with Crippen molar-refractivity contribution in [1.82, 2.24) is 19.6 Å². The number of nitrogens with zero attached hydrogens (tertiary/aromatic N) is 3. The van der Waals surface area contributed by atoms with Gasteiger partial charge < -0.3 is 10.7 Å². The van der Waals surface area contributed by atoms with E-state index in [4.69, 9.17) is 15.8 Å². The minimum atomic E-state index is -0.142. The number of nitrogens with one attached hydrogen (secondary N) is 1. The third-order valence-electron chi connectivity index (χ3n) is 6.41. The molecule has 1 aromatic carbocycles. The predicted octanol–water partition coefficient (Wildman–Crippen LogP) is 4.55. The van der Waals surface area contributed by atoms with Gasteiger partial charge in [0.05, 0.1) is 5.69 Å². The van der Waals surface area contributed by atoms with Gasteiger partial charge in [-0.2, -0.15) is 0 Å². The Morgan fingerprint density at radius 3 is 2.55 bits per heavy atom. The molecule has 0 aliphatic heterocycles. The van der Waals surface area contributed by atoms with Crippen LogP contribution in [0.5, 0.6) is 0 Å². The van der Waals surface area contributed by atoms with Crippen LogP contribution in [0.15, 0.2) is 29.1 Å². The minimum Gasteiger partial charge on any atom is -0.399 e. The first kappa shape index (κ1) is 19.7. The summed E-state index contributed by atoms with van der Waals surface area (Å²) in [4.78, 5) is 20.7. The number of hydrogen-bond acceptors (Lipinski definition) is 4. The number of fused-ring (bicyclic) bond motifs is 1. The summed E-state index contributed by atoms with van der Waals surface area (Å²) in [6.07, 6.45) is 5.27. The molecule has 154 valence electrons. The largest absolute Gasteiger partial charge is 0.399 e. The molecule has 1 aliphatic rings. The molecule has 6 nitrogen and oxygen atoms in total. The second kappa shape index (κ2) is 7.32. The Hall–Kier alpha value is -2.63. The third-order valence-corrected chi connectivity index (χ3v) is 6.41. The quantitative estimate of drug-likeness (QED) is 0.639. The SMILES string of the molecule is CCc1nc([C@H]2CC[C@@H](C(C)(C)C)CC2)n2nc(-c3cccc(N)c3)[nH]c(=O)c12. The lowest BCUT2D eigenvalue weighted by Gasteiger charge is -2.36. The number of nitrogens with two attached hydrogens (primary N) is 1. The van der Waals surface area contributed by atoms with Gasteiger partial charge in [0.1, 0.15) is 5.82 Å². The predicted molar refractivity (Wildman–Crippen MR) is 117 cm³/mol. The summed E-state index contributed by atoms with van der Waals surface area (Å²) in [5, 5.41) is 4.80. The van der Waals surface area contributed by atoms with Crippen molar-refractivity contribution in [2.75, 3.05) is 5.73 Å². The first-order valence-corrected chi connectivity index (χ1v) is 10.7. The molecule has 1 fully saturated rings. The Balaban J connectivity index is 1.78. The lowest BCUT2D eigenvalue weighted by Crippen LogP contribution is -2.26. The molecule has 3 aromatic rings. The number of hydrogen-bond donors (Lipinski definition) is 2. The van der Waals surface area contributed by atoms with Crippen LogP contribution in [-0.2, 0) is 6.42 Å². The molecule has 0 amide bonds. The number of aryl methyl sites for hydroxylation is 1. The van der Waals surface area contributed by atoms with Crippen molar-refractivity contribution in [2.45, 2.75) is 65.7 Å². The van der Waals surface area contributed by atoms with E-state index in [9.17, 15) is 4.79 Å². The van der Waals surface area contributed by atoms with Gasteiger partial charge in [-0.3, -0.25) is 4.79 Å². The zero-order chi connectivity index (χ0) is 20.8. The summed E-state index contributed by atoms with van der Waals surface area (Å²) >= 11 is 0. The number of aromatic nitrogens is 4. The molecule has 0 saturated heterocycles. The Morgan fingerprint density at radius 1 is 1.21 bits per heavy atom. The van der Waals surface area contributed by atoms with Crippen molar-refractivity contribution in [1.29, 1.82) is 0 Å². The summed E-state index contributed by atoms with van der Waals surface area (Å²) < 4.78 is 1.80. The zero-order valence-electron chi connectivity index (χ0n) is 17.8. The fourth-order valence-electron chi connectivity index (χ4n) is 4.64. The molecule has 4 rings (SSSR count). The van der Waals surface area contributed by atoms with Gasteiger partial charge in [0, 0.05) is 17.2 Å². The third kappa shape index (κ3) is 3.68. The lowest BCUT2D eigenvalue weighted by atomic mass is 9.70. The summed E-state index contributed by atoms with van der Waals surface area (Å²) in [6.45, 7) is 9.03. The van der Waals surface area contributed by atoms with Crippen LogP contribution < -0.4 is 11.3 Å². The van der Waals surface area contributed by atoms with E-state index in [1.807, 2.05) is 31.2 Å². The minimum absolute atomic E-state index is 0.142. The summed E-state index contributed by atoms with van der Waals surface area (Å²) in [5.41, 5.74) is 8.97. The molecule has 0 radical (unpaired) electrons. The smallest absolute Gasteiger partial charge is 0.277 e. The molecule has 0 spiro atoms. The molecule has 2 heterocycles. The molecule has 29 heavy (non-hydrogen) atoms. The van der Waals surface area contributed by atoms with Gasteiger partial charge in [-0.1, -0.05) is 39.8 Å². The van der Waals surface area contributed by atoms with Gasteiger partial charge in [0.25, 0.3) is 5.56 Å². The maximum Gasteiger partial charge on any atom is 0.277 e. The van der Waals surface area contributed by atoms with Crippen LogP contribution in [0.4, 0.5) is 5.69 Å². The highest BCUT2D eigenvalue weighted by Gasteiger charge is 2.32. The number of benzene rings is 1. The van der Waals surface area contributed by atoms with Crippen LogP contribution in [0.1, 0.15) is 70.8 Å². The van der Waals surface area contributed by atoms with Crippen molar-refractivity contribution in [3.8, 4) is 11.4 Å². The van der Waals surface area contributed by atoms with E-state index < -0.39 is 0 Å². The van der Waals surface area contributed by atoms with E-state index in [0.717, 1.165) is 35.8 Å². The first-order chi connectivity index (χ1) is 13.8. The van der Waals surface area contributed by atoms with E-state index in [2.05, 4.69) is 25.8 Å². The molecule has 3 N–H and O–H groups in total. The average molecular weight is 394 g/mol. The monoisotopic (exact) mass is 393 g/mol. The number of H-pyrrole nitrogens is 1. The van der Waals surface area contributed by atoms with Crippen molar-refractivity contribution >= 4 is 11.2 Å². The normalized spacial score (nSPS) is 20.3. The Morgan fingerprint density at radius 2 is 1.93 bits per heavy atom. The van der Waals surface area contributed by atoms with Crippen LogP contribution >= 0.6 is 0 Å². The number of imidazole rings is 1. The molecular formula is C23H31N5O. The van der Waals surface area contributed by atoms with E-state index in [0.29, 0.717) is 34.8 Å². The number of rotatable bonds is 3. The van der Waals surface area contributed by atoms with Crippen molar-refractivity contribution in [3.05, 3.63) is 46.1 Å². The van der Waals surface area contributed by atoms with Crippen molar-refractivity contribution < 1.29 is 0 Å². The van der Waals surface area contributed by atoms with Crippen LogP contribution in [0.25, 0.3) is 16.9 Å². The summed E-state index contributed by atoms with van der Waals surface area (Å²) in [5.74, 6) is 2.53. The topological polar surface area (TPSA) is 89.1 Å². The van der Waals surface area contributed by atoms with Gasteiger partial charge in [0.15, 0.2) is 11.3 Å². The number of aromatic amines is 1. The second-order valence-electron chi connectivity index (χ2n) is 9.37. The van der Waals surface area contributed by atoms with E-state index in [-0.39, 0.29) is 5.56 Å². The van der Waals surface area contributed by atoms with Gasteiger partial charge in [-0.05, 0) is 55.6 Å². The summed E-state index contributed by atoms with van der Waals surface area (Å²) in [6, 6.07) is 7.43. The Kier molecular flexibility index (Phi) is 4.97. The standard InChI is InChI=1S/C23H31N5O/c1-5-18-19-22(29)26-20(15-7-6-8-17(24)13-15)27-28(19)21(25-18)14-9-11-16(12-10-14)23(2,3)4/h6-8,13-14,16H,5,9-12,24H2,1-4H3,(H,26,27,29)/t14-,16+. The Labute approximate surface area is 171 Å². The van der Waals surface area contributed by atoms with Crippen LogP contribution in [0.2, 0.25) is 0 Å². The molecule has 6 heteroatoms. The van der Waals surface area contributed by atoms with Gasteiger partial charge in [0.2, 0.25) is 0 Å². The van der Waals surface area contributed by atoms with Crippen LogP contribution in [0, 0.1) is 11.3 Å². The maximum absolute atomic E-state index is 12.9. The second-order valence-corrected chi connectivity index (χ2v) is 9.37. The molecular weight excluding hydrogens is 362 g/mol. The molecule has 2 aromatic heterocycles. The van der Waals surface area contributed by atoms with Crippen molar-refractivity contribution in [2.24, 2.45) is 11.3 Å². The highest BCUT2D eigenvalue weighted by Crippen LogP contribution is 2.43. The van der Waals surface area contributed by atoms with Gasteiger partial charge in [-0.15, -0.1) is 5.10 Å². The lowest BCUT2D eigenvalue weighted by molar-refractivity contribution is 0.167. The van der Waals surface area contributed by atoms with Crippen LogP contribution in [0.3, 0.4) is 0 Å².